The van der Waals surface area contributed by atoms with Gasteiger partial charge in [0.2, 0.25) is 0 Å². The summed E-state index contributed by atoms with van der Waals surface area (Å²) in [6.07, 6.45) is 4.14. The van der Waals surface area contributed by atoms with Gasteiger partial charge in [0, 0.05) is 6.42 Å². The molecule has 0 amide bonds. The average molecular weight is 246 g/mol. The van der Waals surface area contributed by atoms with Gasteiger partial charge in [-0.3, -0.25) is 4.79 Å². The standard InChI is InChI=1S/C16H22O2/c1-3-18-16(17)11-12(2)14-10-6-8-13-7-4-5-9-15(13)14/h4-5,7,9,12,14H,3,6,8,10-11H2,1-2H3/t12-,14+/m0/s1. The van der Waals surface area contributed by atoms with Crippen molar-refractivity contribution in [2.45, 2.75) is 45.4 Å². The Kier molecular flexibility index (Phi) is 4.40. The Bertz CT molecular complexity index is 411. The van der Waals surface area contributed by atoms with E-state index < -0.39 is 0 Å². The Morgan fingerprint density at radius 2 is 2.22 bits per heavy atom. The van der Waals surface area contributed by atoms with Crippen molar-refractivity contribution in [1.82, 2.24) is 0 Å². The van der Waals surface area contributed by atoms with Gasteiger partial charge >= 0.3 is 5.97 Å². The van der Waals surface area contributed by atoms with Gasteiger partial charge in [0.15, 0.2) is 0 Å². The van der Waals surface area contributed by atoms with E-state index in [1.54, 1.807) is 0 Å². The molecule has 1 aromatic rings. The van der Waals surface area contributed by atoms with E-state index in [1.807, 2.05) is 6.92 Å². The number of rotatable bonds is 4. The molecule has 0 saturated carbocycles. The minimum absolute atomic E-state index is 0.0620. The summed E-state index contributed by atoms with van der Waals surface area (Å²) in [6.45, 7) is 4.51. The third-order valence-electron chi connectivity index (χ3n) is 3.90. The molecule has 2 rings (SSSR count). The fourth-order valence-corrected chi connectivity index (χ4v) is 3.01. The highest BCUT2D eigenvalue weighted by Gasteiger charge is 2.26. The van der Waals surface area contributed by atoms with Crippen molar-refractivity contribution in [3.63, 3.8) is 0 Å². The summed E-state index contributed by atoms with van der Waals surface area (Å²) in [6, 6.07) is 8.66. The molecule has 0 N–H and O–H groups in total. The van der Waals surface area contributed by atoms with Crippen LogP contribution in [0.2, 0.25) is 0 Å². The molecule has 2 nitrogen and oxygen atoms in total. The summed E-state index contributed by atoms with van der Waals surface area (Å²) in [7, 11) is 0. The minimum Gasteiger partial charge on any atom is -0.466 e. The molecule has 1 aliphatic rings. The minimum atomic E-state index is -0.0620. The van der Waals surface area contributed by atoms with Gasteiger partial charge in [-0.15, -0.1) is 0 Å². The first-order valence-corrected chi connectivity index (χ1v) is 6.95. The van der Waals surface area contributed by atoms with E-state index >= 15 is 0 Å². The molecule has 0 spiro atoms. The van der Waals surface area contributed by atoms with Gasteiger partial charge in [0.1, 0.15) is 0 Å². The molecule has 0 heterocycles. The third kappa shape index (κ3) is 2.92. The van der Waals surface area contributed by atoms with Crippen molar-refractivity contribution in [2.24, 2.45) is 5.92 Å². The highest BCUT2D eigenvalue weighted by atomic mass is 16.5. The molecule has 0 fully saturated rings. The highest BCUT2D eigenvalue weighted by molar-refractivity contribution is 5.69. The maximum absolute atomic E-state index is 11.6. The van der Waals surface area contributed by atoms with E-state index in [-0.39, 0.29) is 5.97 Å². The lowest BCUT2D eigenvalue weighted by molar-refractivity contribution is -0.144. The summed E-state index contributed by atoms with van der Waals surface area (Å²) in [5, 5.41) is 0. The molecule has 18 heavy (non-hydrogen) atoms. The Labute approximate surface area is 109 Å². The predicted octanol–water partition coefficient (Wildman–Crippen LogP) is 3.70. The maximum atomic E-state index is 11.6. The number of carbonyl (C=O) groups excluding carboxylic acids is 1. The third-order valence-corrected chi connectivity index (χ3v) is 3.90. The molecular formula is C16H22O2. The second kappa shape index (κ2) is 6.03. The van der Waals surface area contributed by atoms with Crippen molar-refractivity contribution < 1.29 is 9.53 Å². The van der Waals surface area contributed by atoms with E-state index in [0.717, 1.165) is 0 Å². The molecule has 2 atom stereocenters. The normalized spacial score (nSPS) is 20.0. The quantitative estimate of drug-likeness (QED) is 0.757. The number of fused-ring (bicyclic) bond motifs is 1. The molecule has 1 aromatic carbocycles. The summed E-state index contributed by atoms with van der Waals surface area (Å²) in [5.41, 5.74) is 2.91. The lowest BCUT2D eigenvalue weighted by Gasteiger charge is -2.30. The highest BCUT2D eigenvalue weighted by Crippen LogP contribution is 2.38. The first-order chi connectivity index (χ1) is 8.72. The number of benzene rings is 1. The zero-order chi connectivity index (χ0) is 13.0. The van der Waals surface area contributed by atoms with E-state index in [1.165, 1.54) is 30.4 Å². The predicted molar refractivity (Wildman–Crippen MR) is 72.5 cm³/mol. The summed E-state index contributed by atoms with van der Waals surface area (Å²) >= 11 is 0. The zero-order valence-corrected chi connectivity index (χ0v) is 11.3. The summed E-state index contributed by atoms with van der Waals surface area (Å²) in [5.74, 6) is 0.818. The lowest BCUT2D eigenvalue weighted by Crippen LogP contribution is -2.20. The largest absolute Gasteiger partial charge is 0.466 e. The number of hydrogen-bond donors (Lipinski definition) is 0. The Morgan fingerprint density at radius 1 is 1.44 bits per heavy atom. The average Bonchev–Trinajstić information content (AvgIpc) is 2.38. The van der Waals surface area contributed by atoms with Crippen molar-refractivity contribution in [3.8, 4) is 0 Å². The van der Waals surface area contributed by atoms with Gasteiger partial charge in [-0.2, -0.15) is 0 Å². The smallest absolute Gasteiger partial charge is 0.306 e. The van der Waals surface area contributed by atoms with Crippen LogP contribution in [0.3, 0.4) is 0 Å². The number of esters is 1. The van der Waals surface area contributed by atoms with E-state index in [0.29, 0.717) is 24.9 Å². The van der Waals surface area contributed by atoms with Gasteiger partial charge in [0.05, 0.1) is 6.61 Å². The maximum Gasteiger partial charge on any atom is 0.306 e. The van der Waals surface area contributed by atoms with Gasteiger partial charge in [0.25, 0.3) is 0 Å². The lowest BCUT2D eigenvalue weighted by atomic mass is 9.75. The first-order valence-electron chi connectivity index (χ1n) is 6.95. The van der Waals surface area contributed by atoms with Crippen LogP contribution in [0.1, 0.15) is 50.2 Å². The number of hydrogen-bond acceptors (Lipinski definition) is 2. The number of carbonyl (C=O) groups is 1. The van der Waals surface area contributed by atoms with Gasteiger partial charge in [-0.05, 0) is 49.1 Å². The number of aryl methyl sites for hydroxylation is 1. The first kappa shape index (κ1) is 13.1. The summed E-state index contributed by atoms with van der Waals surface area (Å²) < 4.78 is 5.05. The fourth-order valence-electron chi connectivity index (χ4n) is 3.01. The molecule has 0 aliphatic heterocycles. The van der Waals surface area contributed by atoms with Crippen LogP contribution in [0, 0.1) is 5.92 Å². The molecule has 0 bridgehead atoms. The molecule has 0 unspecified atom stereocenters. The van der Waals surface area contributed by atoms with Crippen molar-refractivity contribution in [3.05, 3.63) is 35.4 Å². The van der Waals surface area contributed by atoms with Crippen LogP contribution < -0.4 is 0 Å². The Hall–Kier alpha value is -1.31. The van der Waals surface area contributed by atoms with E-state index in [9.17, 15) is 4.79 Å². The van der Waals surface area contributed by atoms with Crippen LogP contribution in [0.15, 0.2) is 24.3 Å². The van der Waals surface area contributed by atoms with Crippen LogP contribution in [0.5, 0.6) is 0 Å². The molecule has 2 heteroatoms. The molecule has 0 radical (unpaired) electrons. The van der Waals surface area contributed by atoms with Gasteiger partial charge in [-0.25, -0.2) is 0 Å². The second-order valence-electron chi connectivity index (χ2n) is 5.18. The number of ether oxygens (including phenoxy) is 1. The SMILES string of the molecule is CCOC(=O)C[C@H](C)[C@H]1CCCc2ccccc21. The Morgan fingerprint density at radius 3 is 3.00 bits per heavy atom. The van der Waals surface area contributed by atoms with Crippen LogP contribution in [0.25, 0.3) is 0 Å². The van der Waals surface area contributed by atoms with Gasteiger partial charge < -0.3 is 4.74 Å². The van der Waals surface area contributed by atoms with Crippen LogP contribution in [-0.4, -0.2) is 12.6 Å². The van der Waals surface area contributed by atoms with E-state index in [4.69, 9.17) is 4.74 Å². The van der Waals surface area contributed by atoms with Gasteiger partial charge in [-0.1, -0.05) is 31.2 Å². The Balaban J connectivity index is 2.08. The molecule has 0 saturated heterocycles. The topological polar surface area (TPSA) is 26.3 Å². The fraction of sp³-hybridized carbons (Fsp3) is 0.562. The second-order valence-corrected chi connectivity index (χ2v) is 5.18. The molecular weight excluding hydrogens is 224 g/mol. The molecule has 1 aliphatic carbocycles. The van der Waals surface area contributed by atoms with Crippen molar-refractivity contribution in [2.75, 3.05) is 6.61 Å². The van der Waals surface area contributed by atoms with Crippen molar-refractivity contribution >= 4 is 5.97 Å². The summed E-state index contributed by atoms with van der Waals surface area (Å²) in [4.78, 5) is 11.6. The monoisotopic (exact) mass is 246 g/mol. The van der Waals surface area contributed by atoms with Crippen LogP contribution in [-0.2, 0) is 16.0 Å². The van der Waals surface area contributed by atoms with Crippen LogP contribution in [0.4, 0.5) is 0 Å². The molecule has 98 valence electrons. The van der Waals surface area contributed by atoms with E-state index in [2.05, 4.69) is 31.2 Å². The van der Waals surface area contributed by atoms with Crippen LogP contribution >= 0.6 is 0 Å². The van der Waals surface area contributed by atoms with Crippen molar-refractivity contribution in [1.29, 1.82) is 0 Å². The molecule has 0 aromatic heterocycles. The zero-order valence-electron chi connectivity index (χ0n) is 11.3.